The van der Waals surface area contributed by atoms with Crippen LogP contribution in [0, 0.1) is 0 Å². The summed E-state index contributed by atoms with van der Waals surface area (Å²) in [6.07, 6.45) is 0.977. The number of nitrogens with zero attached hydrogens (tertiary/aromatic N) is 2. The van der Waals surface area contributed by atoms with Gasteiger partial charge in [-0.2, -0.15) is 0 Å². The molecule has 2 aromatic carbocycles. The van der Waals surface area contributed by atoms with Crippen molar-refractivity contribution in [2.75, 3.05) is 24.8 Å². The summed E-state index contributed by atoms with van der Waals surface area (Å²) >= 11 is 0. The van der Waals surface area contributed by atoms with Gasteiger partial charge in [0.25, 0.3) is 5.91 Å². The normalized spacial score (nSPS) is 22.4. The number of fused-ring (bicyclic) bond motifs is 3. The fraction of sp³-hybridized carbons (Fsp3) is 0.333. The second-order valence-corrected chi connectivity index (χ2v) is 7.32. The fourth-order valence-corrected chi connectivity index (χ4v) is 4.31. The summed E-state index contributed by atoms with van der Waals surface area (Å²) in [5.74, 6) is 1.45. The summed E-state index contributed by atoms with van der Waals surface area (Å²) in [5, 5.41) is 0. The first-order valence-corrected chi connectivity index (χ1v) is 9.18. The van der Waals surface area contributed by atoms with Crippen molar-refractivity contribution in [1.29, 1.82) is 0 Å². The maximum Gasteiger partial charge on any atom is 0.254 e. The molecule has 0 aromatic heterocycles. The number of carbonyl (C=O) groups excluding carboxylic acids is 2. The molecule has 0 saturated carbocycles. The number of piperazine rings is 1. The predicted octanol–water partition coefficient (Wildman–Crippen LogP) is 2.72. The molecule has 3 aliphatic heterocycles. The van der Waals surface area contributed by atoms with Gasteiger partial charge in [-0.25, -0.2) is 0 Å². The van der Waals surface area contributed by atoms with E-state index in [1.165, 1.54) is 0 Å². The van der Waals surface area contributed by atoms with Gasteiger partial charge in [0.1, 0.15) is 0 Å². The Morgan fingerprint density at radius 1 is 0.926 bits per heavy atom. The van der Waals surface area contributed by atoms with Crippen molar-refractivity contribution in [3.63, 3.8) is 0 Å². The maximum atomic E-state index is 13.0. The first-order chi connectivity index (χ1) is 13.1. The number of likely N-dealkylation sites (tertiary alicyclic amines) is 1. The highest BCUT2D eigenvalue weighted by molar-refractivity contribution is 5.96. The van der Waals surface area contributed by atoms with Gasteiger partial charge >= 0.3 is 0 Å². The molecule has 3 heterocycles. The summed E-state index contributed by atoms with van der Waals surface area (Å²) in [4.78, 5) is 28.7. The van der Waals surface area contributed by atoms with E-state index in [4.69, 9.17) is 9.47 Å². The average molecular weight is 364 g/mol. The number of rotatable bonds is 3. The topological polar surface area (TPSA) is 59.1 Å². The second-order valence-electron chi connectivity index (χ2n) is 7.32. The zero-order chi connectivity index (χ0) is 18.5. The number of carbonyl (C=O) groups is 2. The highest BCUT2D eigenvalue weighted by Gasteiger charge is 2.45. The predicted molar refractivity (Wildman–Crippen MR) is 99.6 cm³/mol. The lowest BCUT2D eigenvalue weighted by Crippen LogP contribution is -2.48. The van der Waals surface area contributed by atoms with Crippen LogP contribution in [0.25, 0.3) is 0 Å². The molecule has 5 rings (SSSR count). The molecule has 0 spiro atoms. The Morgan fingerprint density at radius 2 is 1.67 bits per heavy atom. The van der Waals surface area contributed by atoms with E-state index in [0.717, 1.165) is 24.2 Å². The van der Waals surface area contributed by atoms with E-state index >= 15 is 0 Å². The Kier molecular flexibility index (Phi) is 3.60. The molecule has 2 bridgehead atoms. The maximum absolute atomic E-state index is 13.0. The van der Waals surface area contributed by atoms with E-state index in [2.05, 4.69) is 4.90 Å². The lowest BCUT2D eigenvalue weighted by atomic mass is 10.1. The van der Waals surface area contributed by atoms with Gasteiger partial charge < -0.3 is 19.3 Å². The highest BCUT2D eigenvalue weighted by Crippen LogP contribution is 2.37. The smallest absolute Gasteiger partial charge is 0.254 e. The van der Waals surface area contributed by atoms with Crippen LogP contribution in [0.4, 0.5) is 5.69 Å². The van der Waals surface area contributed by atoms with E-state index in [-0.39, 0.29) is 24.5 Å². The van der Waals surface area contributed by atoms with Crippen LogP contribution in [0.3, 0.4) is 0 Å². The Hall–Kier alpha value is -3.02. The quantitative estimate of drug-likeness (QED) is 0.784. The number of ketones is 1. The zero-order valence-electron chi connectivity index (χ0n) is 15.1. The third kappa shape index (κ3) is 2.63. The van der Waals surface area contributed by atoms with E-state index < -0.39 is 0 Å². The molecule has 6 nitrogen and oxygen atoms in total. The molecule has 0 radical (unpaired) electrons. The van der Waals surface area contributed by atoms with Crippen molar-refractivity contribution in [1.82, 2.24) is 4.90 Å². The Morgan fingerprint density at radius 3 is 2.37 bits per heavy atom. The van der Waals surface area contributed by atoms with Gasteiger partial charge in [0.15, 0.2) is 17.3 Å². The third-order valence-corrected chi connectivity index (χ3v) is 5.73. The summed E-state index contributed by atoms with van der Waals surface area (Å²) < 4.78 is 10.7. The zero-order valence-corrected chi connectivity index (χ0v) is 15.1. The average Bonchev–Trinajstić information content (AvgIpc) is 3.41. The Bertz CT molecular complexity index is 924. The Balaban J connectivity index is 1.31. The number of Topliss-reactive ketones (excluding diaryl/α,β-unsaturated/α-hetero) is 1. The molecule has 1 amide bonds. The van der Waals surface area contributed by atoms with Crippen molar-refractivity contribution in [2.45, 2.75) is 25.4 Å². The molecule has 138 valence electrons. The minimum Gasteiger partial charge on any atom is -0.454 e. The van der Waals surface area contributed by atoms with Crippen molar-refractivity contribution in [3.05, 3.63) is 53.6 Å². The molecule has 2 atom stereocenters. The lowest BCUT2D eigenvalue weighted by molar-refractivity contribution is 0.0725. The molecule has 3 aliphatic rings. The van der Waals surface area contributed by atoms with Crippen LogP contribution < -0.4 is 14.4 Å². The number of benzene rings is 2. The summed E-state index contributed by atoms with van der Waals surface area (Å²) in [6, 6.07) is 13.7. The number of amides is 1. The molecule has 6 heteroatoms. The van der Waals surface area contributed by atoms with Crippen LogP contribution >= 0.6 is 0 Å². The van der Waals surface area contributed by atoms with Crippen molar-refractivity contribution in [3.8, 4) is 11.5 Å². The number of anilines is 1. The first kappa shape index (κ1) is 16.2. The second kappa shape index (κ2) is 6.01. The van der Waals surface area contributed by atoms with Crippen LogP contribution in [0.2, 0.25) is 0 Å². The molecule has 2 saturated heterocycles. The molecule has 27 heavy (non-hydrogen) atoms. The third-order valence-electron chi connectivity index (χ3n) is 5.73. The van der Waals surface area contributed by atoms with Crippen LogP contribution in [-0.4, -0.2) is 48.6 Å². The lowest BCUT2D eigenvalue weighted by Gasteiger charge is -2.35. The van der Waals surface area contributed by atoms with E-state index in [1.54, 1.807) is 25.1 Å². The molecule has 0 N–H and O–H groups in total. The number of hydrogen-bond donors (Lipinski definition) is 0. The van der Waals surface area contributed by atoms with Crippen LogP contribution in [0.15, 0.2) is 42.5 Å². The van der Waals surface area contributed by atoms with Crippen molar-refractivity contribution in [2.24, 2.45) is 0 Å². The van der Waals surface area contributed by atoms with Gasteiger partial charge in [0, 0.05) is 35.9 Å². The monoisotopic (exact) mass is 364 g/mol. The van der Waals surface area contributed by atoms with Crippen molar-refractivity contribution >= 4 is 17.4 Å². The number of hydrogen-bond acceptors (Lipinski definition) is 5. The number of ether oxygens (including phenoxy) is 2. The first-order valence-electron chi connectivity index (χ1n) is 9.18. The molecule has 2 fully saturated rings. The summed E-state index contributed by atoms with van der Waals surface area (Å²) in [7, 11) is 0. The molecular formula is C21H20N2O4. The molecule has 2 unspecified atom stereocenters. The highest BCUT2D eigenvalue weighted by atomic mass is 16.7. The summed E-state index contributed by atoms with van der Waals surface area (Å²) in [6.45, 7) is 3.32. The van der Waals surface area contributed by atoms with Gasteiger partial charge in [-0.3, -0.25) is 9.59 Å². The van der Waals surface area contributed by atoms with E-state index in [0.29, 0.717) is 29.6 Å². The molecular weight excluding hydrogens is 344 g/mol. The fourth-order valence-electron chi connectivity index (χ4n) is 4.31. The molecule has 0 aliphatic carbocycles. The minimum atomic E-state index is 0.0485. The van der Waals surface area contributed by atoms with Gasteiger partial charge in [-0.15, -0.1) is 0 Å². The standard InChI is InChI=1S/C21H20N2O4/c1-13(24)14-2-5-16(6-3-14)22-10-18-9-17(22)11-23(18)21(25)15-4-7-19-20(8-15)27-12-26-19/h2-8,17-18H,9-12H2,1H3. The van der Waals surface area contributed by atoms with E-state index in [9.17, 15) is 9.59 Å². The van der Waals surface area contributed by atoms with Crippen LogP contribution in [-0.2, 0) is 0 Å². The van der Waals surface area contributed by atoms with Crippen LogP contribution in [0.1, 0.15) is 34.1 Å². The van der Waals surface area contributed by atoms with Gasteiger partial charge in [0.05, 0.1) is 6.04 Å². The largest absolute Gasteiger partial charge is 0.454 e. The minimum absolute atomic E-state index is 0.0485. The van der Waals surface area contributed by atoms with Gasteiger partial charge in [-0.05, 0) is 55.8 Å². The van der Waals surface area contributed by atoms with Crippen molar-refractivity contribution < 1.29 is 19.1 Å². The van der Waals surface area contributed by atoms with Gasteiger partial charge in [0.2, 0.25) is 6.79 Å². The SMILES string of the molecule is CC(=O)c1ccc(N2CC3CC2CN3C(=O)c2ccc3c(c2)OCO3)cc1. The van der Waals surface area contributed by atoms with E-state index in [1.807, 2.05) is 29.2 Å². The summed E-state index contributed by atoms with van der Waals surface area (Å²) in [5.41, 5.74) is 2.48. The van der Waals surface area contributed by atoms with Gasteiger partial charge in [-0.1, -0.05) is 0 Å². The molecule has 2 aromatic rings. The Labute approximate surface area is 157 Å². The van der Waals surface area contributed by atoms with Crippen LogP contribution in [0.5, 0.6) is 11.5 Å².